The van der Waals surface area contributed by atoms with E-state index in [0.29, 0.717) is 6.61 Å². The van der Waals surface area contributed by atoms with Crippen LogP contribution in [0.15, 0.2) is 42.0 Å². The Kier molecular flexibility index (Phi) is 4.40. The van der Waals surface area contributed by atoms with Crippen LogP contribution in [0.2, 0.25) is 0 Å². The standard InChI is InChI=1S/C15H19NO2/c1-12-6-5-9-14(10-12)16-15(17)18-11-13-7-3-2-4-8-13/h2-4,7-8,10,14H,5-6,9,11H2,1H3,(H,16,17). The Morgan fingerprint density at radius 1 is 1.39 bits per heavy atom. The van der Waals surface area contributed by atoms with Crippen molar-refractivity contribution >= 4 is 6.09 Å². The van der Waals surface area contributed by atoms with Crippen LogP contribution < -0.4 is 5.32 Å². The van der Waals surface area contributed by atoms with Gasteiger partial charge in [-0.05, 0) is 31.7 Å². The second kappa shape index (κ2) is 6.24. The Morgan fingerprint density at radius 2 is 2.17 bits per heavy atom. The van der Waals surface area contributed by atoms with Crippen LogP contribution in [-0.2, 0) is 11.3 Å². The summed E-state index contributed by atoms with van der Waals surface area (Å²) in [4.78, 5) is 11.6. The molecular weight excluding hydrogens is 226 g/mol. The molecule has 3 heteroatoms. The van der Waals surface area contributed by atoms with Gasteiger partial charge in [-0.2, -0.15) is 0 Å². The van der Waals surface area contributed by atoms with Crippen molar-refractivity contribution in [3.63, 3.8) is 0 Å². The summed E-state index contributed by atoms with van der Waals surface area (Å²) in [5.41, 5.74) is 2.35. The van der Waals surface area contributed by atoms with Gasteiger partial charge in [0.1, 0.15) is 6.61 Å². The predicted molar refractivity (Wildman–Crippen MR) is 71.2 cm³/mol. The van der Waals surface area contributed by atoms with Crippen molar-refractivity contribution in [3.05, 3.63) is 47.5 Å². The van der Waals surface area contributed by atoms with Crippen LogP contribution >= 0.6 is 0 Å². The van der Waals surface area contributed by atoms with Gasteiger partial charge >= 0.3 is 6.09 Å². The van der Waals surface area contributed by atoms with Crippen LogP contribution in [0.3, 0.4) is 0 Å². The lowest BCUT2D eigenvalue weighted by Crippen LogP contribution is -2.35. The van der Waals surface area contributed by atoms with Gasteiger partial charge in [-0.1, -0.05) is 42.0 Å². The fourth-order valence-corrected chi connectivity index (χ4v) is 2.14. The maximum absolute atomic E-state index is 11.6. The summed E-state index contributed by atoms with van der Waals surface area (Å²) >= 11 is 0. The first-order chi connectivity index (χ1) is 8.74. The van der Waals surface area contributed by atoms with Crippen molar-refractivity contribution in [1.82, 2.24) is 5.32 Å². The summed E-state index contributed by atoms with van der Waals surface area (Å²) in [5, 5.41) is 2.88. The van der Waals surface area contributed by atoms with E-state index in [0.717, 1.165) is 24.8 Å². The van der Waals surface area contributed by atoms with E-state index < -0.39 is 0 Å². The maximum Gasteiger partial charge on any atom is 0.407 e. The molecule has 0 heterocycles. The highest BCUT2D eigenvalue weighted by Crippen LogP contribution is 2.17. The molecule has 2 rings (SSSR count). The highest BCUT2D eigenvalue weighted by atomic mass is 16.5. The molecule has 1 atom stereocenters. The average molecular weight is 245 g/mol. The molecule has 3 nitrogen and oxygen atoms in total. The minimum atomic E-state index is -0.338. The normalized spacial score (nSPS) is 18.9. The van der Waals surface area contributed by atoms with E-state index in [4.69, 9.17) is 4.74 Å². The Morgan fingerprint density at radius 3 is 2.89 bits per heavy atom. The van der Waals surface area contributed by atoms with E-state index >= 15 is 0 Å². The third-order valence-corrected chi connectivity index (χ3v) is 3.09. The third kappa shape index (κ3) is 3.91. The molecule has 96 valence electrons. The quantitative estimate of drug-likeness (QED) is 0.829. The second-order valence-corrected chi connectivity index (χ2v) is 4.72. The minimum Gasteiger partial charge on any atom is -0.445 e. The average Bonchev–Trinajstić information content (AvgIpc) is 2.38. The molecule has 0 spiro atoms. The molecule has 1 amide bonds. The molecule has 0 bridgehead atoms. The third-order valence-electron chi connectivity index (χ3n) is 3.09. The molecule has 1 unspecified atom stereocenters. The molecule has 1 aromatic rings. The van der Waals surface area contributed by atoms with E-state index in [1.54, 1.807) is 0 Å². The lowest BCUT2D eigenvalue weighted by atomic mass is 9.97. The molecular formula is C15H19NO2. The molecule has 0 saturated heterocycles. The number of alkyl carbamates (subject to hydrolysis) is 1. The molecule has 0 radical (unpaired) electrons. The first kappa shape index (κ1) is 12.7. The van der Waals surface area contributed by atoms with Crippen molar-refractivity contribution in [2.75, 3.05) is 0 Å². The number of rotatable bonds is 3. The molecule has 1 aliphatic carbocycles. The highest BCUT2D eigenvalue weighted by molar-refractivity contribution is 5.68. The Bertz CT molecular complexity index is 425. The second-order valence-electron chi connectivity index (χ2n) is 4.72. The van der Waals surface area contributed by atoms with Gasteiger partial charge in [-0.15, -0.1) is 0 Å². The number of hydrogen-bond acceptors (Lipinski definition) is 2. The van der Waals surface area contributed by atoms with E-state index in [2.05, 4.69) is 18.3 Å². The van der Waals surface area contributed by atoms with Crippen LogP contribution in [0, 0.1) is 0 Å². The smallest absolute Gasteiger partial charge is 0.407 e. The first-order valence-corrected chi connectivity index (χ1v) is 6.38. The summed E-state index contributed by atoms with van der Waals surface area (Å²) in [6.07, 6.45) is 5.05. The fourth-order valence-electron chi connectivity index (χ4n) is 2.14. The van der Waals surface area contributed by atoms with Crippen molar-refractivity contribution in [1.29, 1.82) is 0 Å². The highest BCUT2D eigenvalue weighted by Gasteiger charge is 2.14. The van der Waals surface area contributed by atoms with Crippen LogP contribution in [0.5, 0.6) is 0 Å². The monoisotopic (exact) mass is 245 g/mol. The number of nitrogens with one attached hydrogen (secondary N) is 1. The van der Waals surface area contributed by atoms with Gasteiger partial charge in [0.15, 0.2) is 0 Å². The number of allylic oxidation sites excluding steroid dienone is 1. The Hall–Kier alpha value is -1.77. The number of benzene rings is 1. The molecule has 0 saturated carbocycles. The van der Waals surface area contributed by atoms with Gasteiger partial charge in [-0.25, -0.2) is 4.79 Å². The summed E-state index contributed by atoms with van der Waals surface area (Å²) in [7, 11) is 0. The molecule has 18 heavy (non-hydrogen) atoms. The Balaban J connectivity index is 1.77. The lowest BCUT2D eigenvalue weighted by Gasteiger charge is -2.20. The van der Waals surface area contributed by atoms with Gasteiger partial charge in [0.2, 0.25) is 0 Å². The van der Waals surface area contributed by atoms with Gasteiger partial charge < -0.3 is 10.1 Å². The Labute approximate surface area is 108 Å². The van der Waals surface area contributed by atoms with E-state index in [1.165, 1.54) is 5.57 Å². The van der Waals surface area contributed by atoms with Crippen molar-refractivity contribution in [2.24, 2.45) is 0 Å². The van der Waals surface area contributed by atoms with Gasteiger partial charge in [0.25, 0.3) is 0 Å². The number of ether oxygens (including phenoxy) is 1. The number of amides is 1. The summed E-state index contributed by atoms with van der Waals surface area (Å²) < 4.78 is 5.19. The molecule has 0 aromatic heterocycles. The minimum absolute atomic E-state index is 0.127. The molecule has 1 aromatic carbocycles. The molecule has 0 fully saturated rings. The van der Waals surface area contributed by atoms with Crippen LogP contribution in [0.1, 0.15) is 31.7 Å². The van der Waals surface area contributed by atoms with E-state index in [1.807, 2.05) is 30.3 Å². The molecule has 1 aliphatic rings. The van der Waals surface area contributed by atoms with Crippen LogP contribution in [-0.4, -0.2) is 12.1 Å². The van der Waals surface area contributed by atoms with Crippen LogP contribution in [0.4, 0.5) is 4.79 Å². The zero-order valence-corrected chi connectivity index (χ0v) is 10.7. The van der Waals surface area contributed by atoms with Crippen molar-refractivity contribution in [3.8, 4) is 0 Å². The number of hydrogen-bond donors (Lipinski definition) is 1. The molecule has 0 aliphatic heterocycles. The summed E-state index contributed by atoms with van der Waals surface area (Å²) in [5.74, 6) is 0. The maximum atomic E-state index is 11.6. The number of carbonyl (C=O) groups is 1. The first-order valence-electron chi connectivity index (χ1n) is 6.38. The summed E-state index contributed by atoms with van der Waals surface area (Å²) in [6.45, 7) is 2.42. The zero-order chi connectivity index (χ0) is 12.8. The predicted octanol–water partition coefficient (Wildman–Crippen LogP) is 3.41. The number of carbonyl (C=O) groups excluding carboxylic acids is 1. The SMILES string of the molecule is CC1=CC(NC(=O)OCc2ccccc2)CCC1. The zero-order valence-electron chi connectivity index (χ0n) is 10.7. The van der Waals surface area contributed by atoms with E-state index in [-0.39, 0.29) is 12.1 Å². The van der Waals surface area contributed by atoms with Crippen molar-refractivity contribution < 1.29 is 9.53 Å². The van der Waals surface area contributed by atoms with Gasteiger partial charge in [-0.3, -0.25) is 0 Å². The summed E-state index contributed by atoms with van der Waals surface area (Å²) in [6, 6.07) is 9.82. The molecule has 1 N–H and O–H groups in total. The largest absolute Gasteiger partial charge is 0.445 e. The fraction of sp³-hybridized carbons (Fsp3) is 0.400. The van der Waals surface area contributed by atoms with E-state index in [9.17, 15) is 4.79 Å². The van der Waals surface area contributed by atoms with Crippen molar-refractivity contribution in [2.45, 2.75) is 38.8 Å². The van der Waals surface area contributed by atoms with Gasteiger partial charge in [0, 0.05) is 0 Å². The lowest BCUT2D eigenvalue weighted by molar-refractivity contribution is 0.136. The topological polar surface area (TPSA) is 38.3 Å². The van der Waals surface area contributed by atoms with Crippen LogP contribution in [0.25, 0.3) is 0 Å². The van der Waals surface area contributed by atoms with Gasteiger partial charge in [0.05, 0.1) is 6.04 Å².